The van der Waals surface area contributed by atoms with E-state index in [2.05, 4.69) is 5.10 Å². The van der Waals surface area contributed by atoms with Gasteiger partial charge in [-0.05, 0) is 40.5 Å². The van der Waals surface area contributed by atoms with Crippen molar-refractivity contribution in [2.45, 2.75) is 72.0 Å². The lowest BCUT2D eigenvalue weighted by molar-refractivity contribution is -0.386. The van der Waals surface area contributed by atoms with E-state index in [0.29, 0.717) is 17.4 Å². The summed E-state index contributed by atoms with van der Waals surface area (Å²) in [6, 6.07) is 0.419. The van der Waals surface area contributed by atoms with Crippen molar-refractivity contribution in [1.82, 2.24) is 14.7 Å². The molecule has 0 saturated heterocycles. The minimum atomic E-state index is -0.435. The Bertz CT molecular complexity index is 574. The third-order valence-corrected chi connectivity index (χ3v) is 4.37. The number of nitro groups is 1. The maximum atomic E-state index is 12.7. The smallest absolute Gasteiger partial charge is 0.312 e. The molecule has 0 bridgehead atoms. The molecule has 0 N–H and O–H groups in total. The summed E-state index contributed by atoms with van der Waals surface area (Å²) < 4.78 is 1.46. The molecule has 1 heterocycles. The van der Waals surface area contributed by atoms with Gasteiger partial charge in [-0.3, -0.25) is 19.6 Å². The quantitative estimate of drug-likeness (QED) is 0.618. The van der Waals surface area contributed by atoms with Gasteiger partial charge in [0.05, 0.1) is 4.92 Å². The van der Waals surface area contributed by atoms with Gasteiger partial charge in [0.15, 0.2) is 0 Å². The molecule has 1 aromatic heterocycles. The van der Waals surface area contributed by atoms with Gasteiger partial charge >= 0.3 is 5.69 Å². The number of hydrogen-bond acceptors (Lipinski definition) is 4. The van der Waals surface area contributed by atoms with Crippen LogP contribution in [0, 0.1) is 24.0 Å². The fourth-order valence-corrected chi connectivity index (χ4v) is 3.41. The maximum absolute atomic E-state index is 12.7. The average molecular weight is 308 g/mol. The molecule has 0 aliphatic heterocycles. The summed E-state index contributed by atoms with van der Waals surface area (Å²) in [5, 5.41) is 15.2. The molecule has 0 atom stereocenters. The van der Waals surface area contributed by atoms with E-state index >= 15 is 0 Å². The van der Waals surface area contributed by atoms with Crippen molar-refractivity contribution in [2.75, 3.05) is 0 Å². The van der Waals surface area contributed by atoms with E-state index in [0.717, 1.165) is 25.7 Å². The van der Waals surface area contributed by atoms with E-state index in [1.165, 1.54) is 4.68 Å². The number of nitrogens with zero attached hydrogens (tertiary/aromatic N) is 4. The first-order valence-electron chi connectivity index (χ1n) is 7.82. The first-order valence-corrected chi connectivity index (χ1v) is 7.82. The lowest BCUT2D eigenvalue weighted by Crippen LogP contribution is -2.45. The number of carbonyl (C=O) groups excluding carboxylic acids is 1. The molecule has 22 heavy (non-hydrogen) atoms. The zero-order valence-corrected chi connectivity index (χ0v) is 13.7. The van der Waals surface area contributed by atoms with Gasteiger partial charge in [0, 0.05) is 12.1 Å². The number of amides is 1. The lowest BCUT2D eigenvalue weighted by Gasteiger charge is -2.33. The monoisotopic (exact) mass is 308 g/mol. The maximum Gasteiger partial charge on any atom is 0.312 e. The highest BCUT2D eigenvalue weighted by Gasteiger charge is 2.30. The van der Waals surface area contributed by atoms with E-state index in [9.17, 15) is 14.9 Å². The highest BCUT2D eigenvalue weighted by atomic mass is 16.6. The van der Waals surface area contributed by atoms with Crippen molar-refractivity contribution in [3.05, 3.63) is 21.5 Å². The summed E-state index contributed by atoms with van der Waals surface area (Å²) in [7, 11) is 0. The molecule has 1 amide bonds. The SMILES string of the molecule is Cc1nn(CC(=O)N(C(C)C)C2CCCC2)c(C)c1[N+](=O)[O-]. The molecule has 1 saturated carbocycles. The molecule has 0 spiro atoms. The van der Waals surface area contributed by atoms with E-state index in [1.807, 2.05) is 18.7 Å². The normalized spacial score (nSPS) is 15.5. The van der Waals surface area contributed by atoms with Crippen LogP contribution in [0.3, 0.4) is 0 Å². The van der Waals surface area contributed by atoms with Crippen molar-refractivity contribution in [2.24, 2.45) is 0 Å². The van der Waals surface area contributed by atoms with Crippen molar-refractivity contribution in [1.29, 1.82) is 0 Å². The second-order valence-corrected chi connectivity index (χ2v) is 6.27. The largest absolute Gasteiger partial charge is 0.336 e. The van der Waals surface area contributed by atoms with Gasteiger partial charge in [-0.25, -0.2) is 0 Å². The fourth-order valence-electron chi connectivity index (χ4n) is 3.41. The molecular weight excluding hydrogens is 284 g/mol. The predicted octanol–water partition coefficient (Wildman–Crippen LogP) is 2.59. The van der Waals surface area contributed by atoms with Gasteiger partial charge in [-0.1, -0.05) is 12.8 Å². The minimum absolute atomic E-state index is 0.00441. The van der Waals surface area contributed by atoms with E-state index in [4.69, 9.17) is 0 Å². The highest BCUT2D eigenvalue weighted by Crippen LogP contribution is 2.26. The zero-order chi connectivity index (χ0) is 16.4. The van der Waals surface area contributed by atoms with Crippen molar-refractivity contribution >= 4 is 11.6 Å². The van der Waals surface area contributed by atoms with Gasteiger partial charge in [-0.15, -0.1) is 0 Å². The number of aromatic nitrogens is 2. The zero-order valence-electron chi connectivity index (χ0n) is 13.7. The van der Waals surface area contributed by atoms with Crippen LogP contribution in [0.4, 0.5) is 5.69 Å². The molecule has 122 valence electrons. The predicted molar refractivity (Wildman–Crippen MR) is 82.6 cm³/mol. The Kier molecular flexibility index (Phi) is 4.83. The summed E-state index contributed by atoms with van der Waals surface area (Å²) in [4.78, 5) is 25.2. The summed E-state index contributed by atoms with van der Waals surface area (Å²) in [6.07, 6.45) is 4.40. The summed E-state index contributed by atoms with van der Waals surface area (Å²) in [5.74, 6) is -0.0117. The van der Waals surface area contributed by atoms with Crippen molar-refractivity contribution < 1.29 is 9.72 Å². The Labute approximate surface area is 130 Å². The molecule has 0 aromatic carbocycles. The lowest BCUT2D eigenvalue weighted by atomic mass is 10.1. The second kappa shape index (κ2) is 6.46. The Morgan fingerprint density at radius 2 is 2.00 bits per heavy atom. The van der Waals surface area contributed by atoms with Crippen LogP contribution in [-0.4, -0.2) is 37.6 Å². The van der Waals surface area contributed by atoms with Gasteiger partial charge < -0.3 is 4.90 Å². The average Bonchev–Trinajstić information content (AvgIpc) is 2.98. The standard InChI is InChI=1S/C15H24N4O3/c1-10(2)18(13-7-5-6-8-13)14(20)9-17-12(4)15(19(21)22)11(3)16-17/h10,13H,5-9H2,1-4H3. The Balaban J connectivity index is 2.20. The van der Waals surface area contributed by atoms with Crippen LogP contribution < -0.4 is 0 Å². The first kappa shape index (κ1) is 16.5. The highest BCUT2D eigenvalue weighted by molar-refractivity contribution is 5.77. The third-order valence-electron chi connectivity index (χ3n) is 4.37. The van der Waals surface area contributed by atoms with Gasteiger partial charge in [-0.2, -0.15) is 5.10 Å². The molecule has 2 rings (SSSR count). The third kappa shape index (κ3) is 3.13. The van der Waals surface area contributed by atoms with Crippen LogP contribution in [0.25, 0.3) is 0 Å². The van der Waals surface area contributed by atoms with Crippen molar-refractivity contribution in [3.63, 3.8) is 0 Å². The molecule has 0 radical (unpaired) electrons. The van der Waals surface area contributed by atoms with Crippen LogP contribution in [0.2, 0.25) is 0 Å². The van der Waals surface area contributed by atoms with Gasteiger partial charge in [0.1, 0.15) is 17.9 Å². The molecule has 1 fully saturated rings. The van der Waals surface area contributed by atoms with Crippen LogP contribution in [0.5, 0.6) is 0 Å². The molecule has 1 aromatic rings. The van der Waals surface area contributed by atoms with Crippen LogP contribution in [-0.2, 0) is 11.3 Å². The van der Waals surface area contributed by atoms with Crippen LogP contribution >= 0.6 is 0 Å². The molecule has 7 heteroatoms. The second-order valence-electron chi connectivity index (χ2n) is 6.27. The number of hydrogen-bond donors (Lipinski definition) is 0. The van der Waals surface area contributed by atoms with Crippen molar-refractivity contribution in [3.8, 4) is 0 Å². The Morgan fingerprint density at radius 3 is 2.45 bits per heavy atom. The van der Waals surface area contributed by atoms with Gasteiger partial charge in [0.25, 0.3) is 0 Å². The number of aryl methyl sites for hydroxylation is 1. The molecular formula is C15H24N4O3. The molecule has 7 nitrogen and oxygen atoms in total. The molecule has 0 unspecified atom stereocenters. The van der Waals surface area contributed by atoms with Crippen LogP contribution in [0.15, 0.2) is 0 Å². The number of rotatable bonds is 5. The van der Waals surface area contributed by atoms with E-state index < -0.39 is 4.92 Å². The Morgan fingerprint density at radius 1 is 1.41 bits per heavy atom. The van der Waals surface area contributed by atoms with Gasteiger partial charge in [0.2, 0.25) is 5.91 Å². The Hall–Kier alpha value is -1.92. The summed E-state index contributed by atoms with van der Waals surface area (Å²) in [6.45, 7) is 7.33. The summed E-state index contributed by atoms with van der Waals surface area (Å²) in [5.41, 5.74) is 0.794. The topological polar surface area (TPSA) is 81.3 Å². The molecule has 1 aliphatic rings. The molecule has 1 aliphatic carbocycles. The number of carbonyl (C=O) groups is 1. The fraction of sp³-hybridized carbons (Fsp3) is 0.733. The minimum Gasteiger partial charge on any atom is -0.336 e. The summed E-state index contributed by atoms with van der Waals surface area (Å²) >= 11 is 0. The van der Waals surface area contributed by atoms with Crippen LogP contribution in [0.1, 0.15) is 50.9 Å². The first-order chi connectivity index (χ1) is 10.3. The van der Waals surface area contributed by atoms with E-state index in [-0.39, 0.29) is 24.2 Å². The van der Waals surface area contributed by atoms with E-state index in [1.54, 1.807) is 13.8 Å².